The quantitative estimate of drug-likeness (QED) is 0.413. The van der Waals surface area contributed by atoms with Gasteiger partial charge in [0, 0.05) is 21.4 Å². The van der Waals surface area contributed by atoms with E-state index in [2.05, 4.69) is 15.6 Å². The molecule has 1 unspecified atom stereocenters. The molecule has 0 aliphatic rings. The van der Waals surface area contributed by atoms with Crippen molar-refractivity contribution in [2.24, 2.45) is 0 Å². The number of anilines is 1. The number of hydrogen-bond acceptors (Lipinski definition) is 6. The topological polar surface area (TPSA) is 71.1 Å². The van der Waals surface area contributed by atoms with Gasteiger partial charge in [-0.2, -0.15) is 11.8 Å². The zero-order valence-electron chi connectivity index (χ0n) is 17.7. The number of nitrogens with zero attached hydrogens (tertiary/aromatic N) is 1. The van der Waals surface area contributed by atoms with E-state index in [9.17, 15) is 9.59 Å². The highest BCUT2D eigenvalue weighted by Crippen LogP contribution is 2.25. The Kier molecular flexibility index (Phi) is 8.57. The van der Waals surface area contributed by atoms with E-state index in [0.717, 1.165) is 27.5 Å². The van der Waals surface area contributed by atoms with Crippen molar-refractivity contribution in [2.75, 3.05) is 23.6 Å². The van der Waals surface area contributed by atoms with Crippen LogP contribution in [-0.2, 0) is 4.79 Å². The highest BCUT2D eigenvalue weighted by molar-refractivity contribution is 7.98. The molecule has 0 aliphatic carbocycles. The first kappa shape index (κ1) is 23.4. The average Bonchev–Trinajstić information content (AvgIpc) is 3.25. The predicted octanol–water partition coefficient (Wildman–Crippen LogP) is 5.33. The monoisotopic (exact) mass is 471 g/mol. The maximum absolute atomic E-state index is 12.9. The largest absolute Gasteiger partial charge is 0.340 e. The average molecular weight is 472 g/mol. The Balaban J connectivity index is 1.70. The summed E-state index contributed by atoms with van der Waals surface area (Å²) in [6, 6.07) is 14.8. The van der Waals surface area contributed by atoms with Crippen LogP contribution in [0.4, 0.5) is 5.13 Å². The second kappa shape index (κ2) is 11.4. The van der Waals surface area contributed by atoms with Crippen molar-refractivity contribution in [1.82, 2.24) is 10.3 Å². The fraction of sp³-hybridized carbons (Fsp3) is 0.261. The van der Waals surface area contributed by atoms with E-state index in [0.29, 0.717) is 17.1 Å². The smallest absolute Gasteiger partial charge is 0.251 e. The number of amides is 2. The maximum Gasteiger partial charge on any atom is 0.251 e. The van der Waals surface area contributed by atoms with Gasteiger partial charge in [0.25, 0.3) is 5.91 Å². The lowest BCUT2D eigenvalue weighted by Gasteiger charge is -2.18. The molecule has 5 nitrogen and oxygen atoms in total. The van der Waals surface area contributed by atoms with Gasteiger partial charge in [-0.25, -0.2) is 4.98 Å². The SMILES string of the molecule is CSCCC(NC(=O)c1ccc(C)c(SC)c1)C(=O)Nc1nc(-c2ccccc2)cs1. The zero-order valence-corrected chi connectivity index (χ0v) is 20.1. The fourth-order valence-electron chi connectivity index (χ4n) is 2.97. The Morgan fingerprint density at radius 1 is 1.13 bits per heavy atom. The van der Waals surface area contributed by atoms with E-state index in [1.165, 1.54) is 11.3 Å². The van der Waals surface area contributed by atoms with Crippen LogP contribution in [0.5, 0.6) is 0 Å². The van der Waals surface area contributed by atoms with Crippen LogP contribution in [0.3, 0.4) is 0 Å². The molecule has 1 aromatic heterocycles. The third-order valence-corrected chi connectivity index (χ3v) is 6.99. The van der Waals surface area contributed by atoms with Gasteiger partial charge < -0.3 is 10.6 Å². The second-order valence-electron chi connectivity index (χ2n) is 6.89. The highest BCUT2D eigenvalue weighted by atomic mass is 32.2. The number of aromatic nitrogens is 1. The van der Waals surface area contributed by atoms with E-state index in [4.69, 9.17) is 0 Å². The first-order valence-electron chi connectivity index (χ1n) is 9.78. The number of rotatable bonds is 9. The minimum absolute atomic E-state index is 0.249. The van der Waals surface area contributed by atoms with Crippen molar-refractivity contribution in [1.29, 1.82) is 0 Å². The summed E-state index contributed by atoms with van der Waals surface area (Å²) in [5.74, 6) is 0.254. The lowest BCUT2D eigenvalue weighted by Crippen LogP contribution is -2.44. The maximum atomic E-state index is 12.9. The molecule has 0 bridgehead atoms. The minimum atomic E-state index is -0.636. The van der Waals surface area contributed by atoms with Crippen LogP contribution in [0.15, 0.2) is 58.8 Å². The van der Waals surface area contributed by atoms with E-state index >= 15 is 0 Å². The molecule has 0 fully saturated rings. The lowest BCUT2D eigenvalue weighted by atomic mass is 10.1. The summed E-state index contributed by atoms with van der Waals surface area (Å²) in [5.41, 5.74) is 3.49. The summed E-state index contributed by atoms with van der Waals surface area (Å²) < 4.78 is 0. The van der Waals surface area contributed by atoms with Crippen LogP contribution in [-0.4, -0.2) is 41.1 Å². The third-order valence-electron chi connectivity index (χ3n) is 4.71. The van der Waals surface area contributed by atoms with Crippen molar-refractivity contribution in [3.63, 3.8) is 0 Å². The van der Waals surface area contributed by atoms with Crippen LogP contribution in [0.25, 0.3) is 11.3 Å². The molecule has 2 N–H and O–H groups in total. The van der Waals surface area contributed by atoms with Gasteiger partial charge in [0.15, 0.2) is 5.13 Å². The van der Waals surface area contributed by atoms with Gasteiger partial charge in [-0.05, 0) is 49.3 Å². The second-order valence-corrected chi connectivity index (χ2v) is 9.58. The van der Waals surface area contributed by atoms with Gasteiger partial charge in [0.1, 0.15) is 6.04 Å². The van der Waals surface area contributed by atoms with E-state index in [1.807, 2.05) is 67.3 Å². The van der Waals surface area contributed by atoms with E-state index < -0.39 is 6.04 Å². The molecule has 3 aromatic rings. The summed E-state index contributed by atoms with van der Waals surface area (Å²) in [5, 5.41) is 8.20. The Morgan fingerprint density at radius 3 is 2.61 bits per heavy atom. The third kappa shape index (κ3) is 6.35. The molecule has 2 aromatic carbocycles. The Morgan fingerprint density at radius 2 is 1.90 bits per heavy atom. The number of hydrogen-bond donors (Lipinski definition) is 2. The molecular weight excluding hydrogens is 446 g/mol. The zero-order chi connectivity index (χ0) is 22.2. The number of aryl methyl sites for hydroxylation is 1. The molecule has 0 saturated heterocycles. The lowest BCUT2D eigenvalue weighted by molar-refractivity contribution is -0.118. The van der Waals surface area contributed by atoms with Crippen molar-refractivity contribution >= 4 is 51.8 Å². The number of carbonyl (C=O) groups excluding carboxylic acids is 2. The van der Waals surface area contributed by atoms with Crippen molar-refractivity contribution in [3.05, 3.63) is 65.0 Å². The molecule has 0 aliphatic heterocycles. The normalized spacial score (nSPS) is 11.7. The number of thiazole rings is 1. The van der Waals surface area contributed by atoms with Crippen LogP contribution >= 0.6 is 34.9 Å². The minimum Gasteiger partial charge on any atom is -0.340 e. The van der Waals surface area contributed by atoms with Gasteiger partial charge in [-0.3, -0.25) is 9.59 Å². The van der Waals surface area contributed by atoms with E-state index in [-0.39, 0.29) is 11.8 Å². The summed E-state index contributed by atoms with van der Waals surface area (Å²) in [6.45, 7) is 2.01. The molecule has 0 spiro atoms. The Bertz CT molecular complexity index is 1040. The van der Waals surface area contributed by atoms with E-state index in [1.54, 1.807) is 29.6 Å². The van der Waals surface area contributed by atoms with Gasteiger partial charge in [0.05, 0.1) is 5.69 Å². The molecule has 0 saturated carbocycles. The molecule has 1 heterocycles. The summed E-state index contributed by atoms with van der Waals surface area (Å²) in [7, 11) is 0. The number of nitrogens with one attached hydrogen (secondary N) is 2. The first-order chi connectivity index (χ1) is 15.0. The predicted molar refractivity (Wildman–Crippen MR) is 133 cm³/mol. The molecule has 0 radical (unpaired) electrons. The molecule has 1 atom stereocenters. The van der Waals surface area contributed by atoms with Crippen molar-refractivity contribution < 1.29 is 9.59 Å². The fourth-order valence-corrected chi connectivity index (χ4v) is 4.80. The summed E-state index contributed by atoms with van der Waals surface area (Å²) >= 11 is 4.61. The standard InChI is InChI=1S/C23H25N3O2S3/c1-15-9-10-17(13-20(15)30-3)21(27)24-18(11-12-29-2)22(28)26-23-25-19(14-31-23)16-7-5-4-6-8-16/h4-10,13-14,18H,11-12H2,1-3H3,(H,24,27)(H,25,26,28). The Labute approximate surface area is 195 Å². The number of thioether (sulfide) groups is 2. The molecule has 31 heavy (non-hydrogen) atoms. The highest BCUT2D eigenvalue weighted by Gasteiger charge is 2.22. The van der Waals surface area contributed by atoms with Gasteiger partial charge in [-0.15, -0.1) is 23.1 Å². The number of benzene rings is 2. The van der Waals surface area contributed by atoms with Crippen LogP contribution in [0.1, 0.15) is 22.3 Å². The molecule has 3 rings (SSSR count). The molecule has 162 valence electrons. The van der Waals surface area contributed by atoms with Crippen molar-refractivity contribution in [2.45, 2.75) is 24.3 Å². The molecular formula is C23H25N3O2S3. The summed E-state index contributed by atoms with van der Waals surface area (Å²) in [4.78, 5) is 31.3. The number of carbonyl (C=O) groups is 2. The Hall–Kier alpha value is -2.29. The first-order valence-corrected chi connectivity index (χ1v) is 13.3. The van der Waals surface area contributed by atoms with Gasteiger partial charge >= 0.3 is 0 Å². The van der Waals surface area contributed by atoms with Crippen molar-refractivity contribution in [3.8, 4) is 11.3 Å². The molecule has 2 amide bonds. The van der Waals surface area contributed by atoms with Gasteiger partial charge in [0.2, 0.25) is 5.91 Å². The van der Waals surface area contributed by atoms with Crippen LogP contribution in [0, 0.1) is 6.92 Å². The van der Waals surface area contributed by atoms with Crippen LogP contribution < -0.4 is 10.6 Å². The van der Waals surface area contributed by atoms with Gasteiger partial charge in [-0.1, -0.05) is 36.4 Å². The van der Waals surface area contributed by atoms with Crippen LogP contribution in [0.2, 0.25) is 0 Å². The molecule has 8 heteroatoms. The summed E-state index contributed by atoms with van der Waals surface area (Å²) in [6.07, 6.45) is 4.50.